The number of sulfonamides is 1. The van der Waals surface area contributed by atoms with Gasteiger partial charge in [0.15, 0.2) is 0 Å². The minimum Gasteiger partial charge on any atom is -0.352 e. The lowest BCUT2D eigenvalue weighted by molar-refractivity contribution is 0.0746. The van der Waals surface area contributed by atoms with Crippen LogP contribution in [-0.4, -0.2) is 62.7 Å². The highest BCUT2D eigenvalue weighted by molar-refractivity contribution is 7.93. The summed E-state index contributed by atoms with van der Waals surface area (Å²) in [5.74, 6) is 0.738. The van der Waals surface area contributed by atoms with Gasteiger partial charge in [-0.2, -0.15) is 5.26 Å². The molecule has 0 bridgehead atoms. The molecule has 0 saturated carbocycles. The second kappa shape index (κ2) is 7.72. The number of piperazine rings is 1. The molecule has 1 amide bonds. The molecule has 1 aromatic heterocycles. The maximum Gasteiger partial charge on any atom is 0.253 e. The van der Waals surface area contributed by atoms with Crippen molar-refractivity contribution in [2.24, 2.45) is 0 Å². The second-order valence-corrected chi connectivity index (χ2v) is 9.07. The van der Waals surface area contributed by atoms with E-state index in [0.29, 0.717) is 61.8 Å². The van der Waals surface area contributed by atoms with E-state index in [1.807, 2.05) is 4.90 Å². The Balaban J connectivity index is 1.42. The van der Waals surface area contributed by atoms with E-state index in [2.05, 4.69) is 11.1 Å². The highest BCUT2D eigenvalue weighted by Crippen LogP contribution is 2.25. The normalized spacial score (nSPS) is 18.5. The summed E-state index contributed by atoms with van der Waals surface area (Å²) in [4.78, 5) is 20.9. The molecule has 3 heterocycles. The van der Waals surface area contributed by atoms with Crippen molar-refractivity contribution in [3.63, 3.8) is 0 Å². The number of amides is 1. The Bertz CT molecular complexity index is 1050. The van der Waals surface area contributed by atoms with Crippen LogP contribution in [0.5, 0.6) is 0 Å². The van der Waals surface area contributed by atoms with Gasteiger partial charge < -0.3 is 9.80 Å². The van der Waals surface area contributed by atoms with E-state index in [1.54, 1.807) is 47.5 Å². The third-order valence-electron chi connectivity index (χ3n) is 5.28. The molecule has 2 aromatic rings. The summed E-state index contributed by atoms with van der Waals surface area (Å²) in [6.45, 7) is 2.74. The van der Waals surface area contributed by atoms with Gasteiger partial charge in [-0.15, -0.1) is 0 Å². The molecule has 2 fully saturated rings. The number of hydrogen-bond donors (Lipinski definition) is 0. The van der Waals surface area contributed by atoms with Gasteiger partial charge in [0.25, 0.3) is 5.91 Å². The molecule has 0 atom stereocenters. The lowest BCUT2D eigenvalue weighted by Gasteiger charge is -2.35. The number of carbonyl (C=O) groups is 1. The van der Waals surface area contributed by atoms with Gasteiger partial charge in [0, 0.05) is 44.5 Å². The van der Waals surface area contributed by atoms with Gasteiger partial charge in [-0.05, 0) is 42.8 Å². The summed E-state index contributed by atoms with van der Waals surface area (Å²) in [5.41, 5.74) is 1.66. The monoisotopic (exact) mass is 411 g/mol. The Kier molecular flexibility index (Phi) is 5.11. The van der Waals surface area contributed by atoms with Gasteiger partial charge >= 0.3 is 0 Å². The molecule has 8 nitrogen and oxygen atoms in total. The molecule has 0 N–H and O–H groups in total. The molecule has 2 aliphatic heterocycles. The van der Waals surface area contributed by atoms with Crippen molar-refractivity contribution >= 4 is 27.4 Å². The topological polar surface area (TPSA) is 97.6 Å². The van der Waals surface area contributed by atoms with Crippen molar-refractivity contribution in [1.29, 1.82) is 5.26 Å². The fraction of sp³-hybridized carbons (Fsp3) is 0.350. The van der Waals surface area contributed by atoms with Gasteiger partial charge in [0.1, 0.15) is 11.9 Å². The van der Waals surface area contributed by atoms with Crippen LogP contribution in [0.15, 0.2) is 42.6 Å². The lowest BCUT2D eigenvalue weighted by atomic mass is 10.1. The third kappa shape index (κ3) is 3.76. The number of nitriles is 1. The molecule has 2 aliphatic rings. The van der Waals surface area contributed by atoms with E-state index in [-0.39, 0.29) is 11.7 Å². The molecule has 29 heavy (non-hydrogen) atoms. The van der Waals surface area contributed by atoms with E-state index < -0.39 is 10.0 Å². The number of aromatic nitrogens is 1. The Hall–Kier alpha value is -3.12. The van der Waals surface area contributed by atoms with Crippen LogP contribution >= 0.6 is 0 Å². The van der Waals surface area contributed by atoms with Crippen LogP contribution in [0.2, 0.25) is 0 Å². The van der Waals surface area contributed by atoms with Crippen LogP contribution < -0.4 is 9.21 Å². The van der Waals surface area contributed by atoms with Crippen LogP contribution in [0.3, 0.4) is 0 Å². The maximum absolute atomic E-state index is 12.8. The van der Waals surface area contributed by atoms with E-state index in [9.17, 15) is 18.5 Å². The van der Waals surface area contributed by atoms with Crippen LogP contribution in [0.1, 0.15) is 22.3 Å². The van der Waals surface area contributed by atoms with Crippen molar-refractivity contribution in [2.45, 2.75) is 6.42 Å². The molecule has 4 rings (SSSR count). The highest BCUT2D eigenvalue weighted by Gasteiger charge is 2.29. The summed E-state index contributed by atoms with van der Waals surface area (Å²) in [6.07, 6.45) is 2.28. The Morgan fingerprint density at radius 2 is 1.76 bits per heavy atom. The molecular weight excluding hydrogens is 390 g/mol. The zero-order valence-corrected chi connectivity index (χ0v) is 16.7. The van der Waals surface area contributed by atoms with Gasteiger partial charge in [-0.25, -0.2) is 13.4 Å². The molecule has 1 aromatic carbocycles. The average Bonchev–Trinajstić information content (AvgIpc) is 3.12. The van der Waals surface area contributed by atoms with Crippen LogP contribution in [-0.2, 0) is 10.0 Å². The fourth-order valence-corrected chi connectivity index (χ4v) is 5.30. The van der Waals surface area contributed by atoms with E-state index in [0.717, 1.165) is 0 Å². The molecule has 0 radical (unpaired) electrons. The van der Waals surface area contributed by atoms with Gasteiger partial charge in [-0.3, -0.25) is 9.10 Å². The van der Waals surface area contributed by atoms with Crippen LogP contribution in [0.25, 0.3) is 0 Å². The first-order valence-electron chi connectivity index (χ1n) is 9.49. The van der Waals surface area contributed by atoms with E-state index in [4.69, 9.17) is 0 Å². The first-order valence-corrected chi connectivity index (χ1v) is 11.1. The minimum atomic E-state index is -3.23. The summed E-state index contributed by atoms with van der Waals surface area (Å²) < 4.78 is 25.5. The number of carbonyl (C=O) groups excluding carboxylic acids is 1. The molecule has 0 spiro atoms. The predicted octanol–water partition coefficient (Wildman–Crippen LogP) is 1.46. The summed E-state index contributed by atoms with van der Waals surface area (Å²) >= 11 is 0. The molecular formula is C20H21N5O3S. The predicted molar refractivity (Wildman–Crippen MR) is 109 cm³/mol. The first kappa shape index (κ1) is 19.2. The Labute approximate surface area is 170 Å². The Morgan fingerprint density at radius 3 is 2.38 bits per heavy atom. The SMILES string of the molecule is N#Cc1cccnc1N1CCN(C(=O)c2ccc(N3CCCS3(=O)=O)cc2)CC1. The fourth-order valence-electron chi connectivity index (χ4n) is 3.74. The minimum absolute atomic E-state index is 0.0815. The number of benzene rings is 1. The zero-order valence-electron chi connectivity index (χ0n) is 15.9. The van der Waals surface area contributed by atoms with Gasteiger partial charge in [-0.1, -0.05) is 0 Å². The van der Waals surface area contributed by atoms with E-state index in [1.165, 1.54) is 4.31 Å². The van der Waals surface area contributed by atoms with Crippen molar-refractivity contribution < 1.29 is 13.2 Å². The summed E-state index contributed by atoms with van der Waals surface area (Å²) in [7, 11) is -3.23. The summed E-state index contributed by atoms with van der Waals surface area (Å²) in [6, 6.07) is 12.4. The number of pyridine rings is 1. The average molecular weight is 411 g/mol. The number of nitrogens with zero attached hydrogens (tertiary/aromatic N) is 5. The molecule has 150 valence electrons. The first-order chi connectivity index (χ1) is 14.0. The molecule has 0 unspecified atom stereocenters. The molecule has 2 saturated heterocycles. The number of anilines is 2. The van der Waals surface area contributed by atoms with Crippen molar-refractivity contribution in [2.75, 3.05) is 47.7 Å². The molecule has 0 aliphatic carbocycles. The van der Waals surface area contributed by atoms with Gasteiger partial charge in [0.05, 0.1) is 17.0 Å². The quantitative estimate of drug-likeness (QED) is 0.758. The van der Waals surface area contributed by atoms with Crippen molar-refractivity contribution in [1.82, 2.24) is 9.88 Å². The lowest BCUT2D eigenvalue weighted by Crippen LogP contribution is -2.49. The van der Waals surface area contributed by atoms with Crippen LogP contribution in [0, 0.1) is 11.3 Å². The number of rotatable bonds is 3. The standard InChI is InChI=1S/C20H21N5O3S/c21-15-17-3-1-8-22-19(17)23-10-12-24(13-11-23)20(26)16-4-6-18(7-5-16)25-9-2-14-29(25,27)28/h1,3-8H,2,9-14H2. The van der Waals surface area contributed by atoms with Crippen LogP contribution in [0.4, 0.5) is 11.5 Å². The van der Waals surface area contributed by atoms with Crippen molar-refractivity contribution in [3.05, 3.63) is 53.7 Å². The molecule has 9 heteroatoms. The highest BCUT2D eigenvalue weighted by atomic mass is 32.2. The maximum atomic E-state index is 12.8. The van der Waals surface area contributed by atoms with Crippen molar-refractivity contribution in [3.8, 4) is 6.07 Å². The van der Waals surface area contributed by atoms with E-state index >= 15 is 0 Å². The second-order valence-electron chi connectivity index (χ2n) is 7.05. The van der Waals surface area contributed by atoms with Gasteiger partial charge in [0.2, 0.25) is 10.0 Å². The number of hydrogen-bond acceptors (Lipinski definition) is 6. The smallest absolute Gasteiger partial charge is 0.253 e. The zero-order chi connectivity index (χ0) is 20.4. The summed E-state index contributed by atoms with van der Waals surface area (Å²) in [5, 5.41) is 9.25. The largest absolute Gasteiger partial charge is 0.352 e. The third-order valence-corrected chi connectivity index (χ3v) is 7.14. The Morgan fingerprint density at radius 1 is 1.03 bits per heavy atom.